The van der Waals surface area contributed by atoms with E-state index < -0.39 is 0 Å². The van der Waals surface area contributed by atoms with Gasteiger partial charge in [-0.05, 0) is 49.2 Å². The quantitative estimate of drug-likeness (QED) is 0.786. The van der Waals surface area contributed by atoms with Crippen molar-refractivity contribution < 1.29 is 0 Å². The minimum absolute atomic E-state index is 0.353. The highest BCUT2D eigenvalue weighted by Gasteiger charge is 2.24. The number of nitrogens with one attached hydrogen (secondary N) is 1. The van der Waals surface area contributed by atoms with Gasteiger partial charge in [0.25, 0.3) is 0 Å². The molecule has 3 heterocycles. The van der Waals surface area contributed by atoms with E-state index in [1.807, 2.05) is 30.3 Å². The van der Waals surface area contributed by atoms with Crippen molar-refractivity contribution in [3.63, 3.8) is 0 Å². The molecule has 2 aromatic heterocycles. The molecule has 1 saturated heterocycles. The zero-order valence-corrected chi connectivity index (χ0v) is 14.5. The van der Waals surface area contributed by atoms with Gasteiger partial charge in [-0.2, -0.15) is 10.4 Å². The van der Waals surface area contributed by atoms with Crippen molar-refractivity contribution in [1.29, 1.82) is 5.26 Å². The van der Waals surface area contributed by atoms with Crippen LogP contribution in [0.4, 0.5) is 0 Å². The number of aromatic amines is 1. The van der Waals surface area contributed by atoms with Gasteiger partial charge in [0.15, 0.2) is 5.82 Å². The number of H-pyrrole nitrogens is 1. The molecule has 1 aliphatic heterocycles. The third-order valence-corrected chi connectivity index (χ3v) is 4.80. The molecule has 0 spiro atoms. The molecular weight excluding hydrogens is 324 g/mol. The fraction of sp³-hybridized carbons (Fsp3) is 0.300. The first-order chi connectivity index (χ1) is 12.8. The van der Waals surface area contributed by atoms with Crippen molar-refractivity contribution in [2.75, 3.05) is 13.1 Å². The fourth-order valence-corrected chi connectivity index (χ4v) is 3.51. The Kier molecular flexibility index (Phi) is 4.71. The minimum Gasteiger partial charge on any atom is -0.298 e. The smallest absolute Gasteiger partial charge is 0.181 e. The molecule has 0 aliphatic carbocycles. The lowest BCUT2D eigenvalue weighted by atomic mass is 9.97. The molecule has 0 radical (unpaired) electrons. The highest BCUT2D eigenvalue weighted by Crippen LogP contribution is 2.27. The molecule has 6 heteroatoms. The van der Waals surface area contributed by atoms with Crippen LogP contribution in [0, 0.1) is 11.3 Å². The summed E-state index contributed by atoms with van der Waals surface area (Å²) in [7, 11) is 0. The lowest BCUT2D eigenvalue weighted by Crippen LogP contribution is -2.34. The Morgan fingerprint density at radius 2 is 2.12 bits per heavy atom. The van der Waals surface area contributed by atoms with Crippen LogP contribution in [0.15, 0.2) is 48.8 Å². The molecule has 26 heavy (non-hydrogen) atoms. The largest absolute Gasteiger partial charge is 0.298 e. The number of piperidine rings is 1. The number of rotatable bonds is 4. The van der Waals surface area contributed by atoms with Crippen LogP contribution in [0.5, 0.6) is 0 Å². The standard InChI is InChI=1S/C20H20N6/c21-12-15-3-1-4-16(11-15)13-26-10-2-5-18(14-26)20-23-19(24-25-20)17-6-8-22-9-7-17/h1,3-4,6-9,11,18H,2,5,10,13-14H2,(H,23,24,25)/t18-/m0/s1. The van der Waals surface area contributed by atoms with Gasteiger partial charge < -0.3 is 0 Å². The van der Waals surface area contributed by atoms with Gasteiger partial charge in [0.2, 0.25) is 0 Å². The molecule has 1 fully saturated rings. The fourth-order valence-electron chi connectivity index (χ4n) is 3.51. The third-order valence-electron chi connectivity index (χ3n) is 4.80. The van der Waals surface area contributed by atoms with Gasteiger partial charge in [0, 0.05) is 37.0 Å². The molecule has 1 aromatic carbocycles. The van der Waals surface area contributed by atoms with Crippen molar-refractivity contribution in [3.05, 3.63) is 65.7 Å². The Morgan fingerprint density at radius 1 is 1.23 bits per heavy atom. The van der Waals surface area contributed by atoms with Crippen LogP contribution in [-0.4, -0.2) is 38.2 Å². The summed E-state index contributed by atoms with van der Waals surface area (Å²) in [5.74, 6) is 2.03. The zero-order valence-electron chi connectivity index (χ0n) is 14.5. The molecule has 1 N–H and O–H groups in total. The summed E-state index contributed by atoms with van der Waals surface area (Å²) in [6.07, 6.45) is 5.75. The van der Waals surface area contributed by atoms with E-state index in [1.165, 1.54) is 5.56 Å². The molecule has 0 saturated carbocycles. The molecule has 3 aromatic rings. The molecule has 0 unspecified atom stereocenters. The summed E-state index contributed by atoms with van der Waals surface area (Å²) >= 11 is 0. The number of nitriles is 1. The van der Waals surface area contributed by atoms with Gasteiger partial charge >= 0.3 is 0 Å². The van der Waals surface area contributed by atoms with Crippen LogP contribution in [0.1, 0.15) is 35.7 Å². The van der Waals surface area contributed by atoms with Crippen LogP contribution >= 0.6 is 0 Å². The first-order valence-corrected chi connectivity index (χ1v) is 8.86. The van der Waals surface area contributed by atoms with E-state index in [9.17, 15) is 0 Å². The highest BCUT2D eigenvalue weighted by atomic mass is 15.2. The zero-order chi connectivity index (χ0) is 17.8. The summed E-state index contributed by atoms with van der Waals surface area (Å²) < 4.78 is 0. The van der Waals surface area contributed by atoms with E-state index in [1.54, 1.807) is 12.4 Å². The van der Waals surface area contributed by atoms with Gasteiger partial charge in [-0.25, -0.2) is 4.98 Å². The summed E-state index contributed by atoms with van der Waals surface area (Å²) in [6, 6.07) is 13.9. The van der Waals surface area contributed by atoms with Crippen molar-refractivity contribution in [1.82, 2.24) is 25.1 Å². The number of likely N-dealkylation sites (tertiary alicyclic amines) is 1. The third kappa shape index (κ3) is 3.63. The average molecular weight is 344 g/mol. The summed E-state index contributed by atoms with van der Waals surface area (Å²) in [6.45, 7) is 2.87. The normalized spacial score (nSPS) is 17.7. The second kappa shape index (κ2) is 7.46. The second-order valence-corrected chi connectivity index (χ2v) is 6.67. The molecular formula is C20H20N6. The summed E-state index contributed by atoms with van der Waals surface area (Å²) in [5, 5.41) is 16.6. The van der Waals surface area contributed by atoms with Gasteiger partial charge in [-0.1, -0.05) is 12.1 Å². The minimum atomic E-state index is 0.353. The van der Waals surface area contributed by atoms with E-state index in [0.717, 1.165) is 49.7 Å². The number of hydrogen-bond donors (Lipinski definition) is 1. The maximum absolute atomic E-state index is 9.07. The van der Waals surface area contributed by atoms with Crippen LogP contribution < -0.4 is 0 Å². The Balaban J connectivity index is 1.45. The number of nitrogens with zero attached hydrogens (tertiary/aromatic N) is 5. The topological polar surface area (TPSA) is 81.5 Å². The van der Waals surface area contributed by atoms with Crippen LogP contribution in [0.2, 0.25) is 0 Å². The Hall–Kier alpha value is -3.04. The average Bonchev–Trinajstić information content (AvgIpc) is 3.19. The van der Waals surface area contributed by atoms with E-state index in [2.05, 4.69) is 32.2 Å². The Labute approximate surface area is 152 Å². The van der Waals surface area contributed by atoms with Crippen molar-refractivity contribution >= 4 is 0 Å². The van der Waals surface area contributed by atoms with Gasteiger partial charge in [-0.3, -0.25) is 15.0 Å². The van der Waals surface area contributed by atoms with Crippen LogP contribution in [0.3, 0.4) is 0 Å². The maximum atomic E-state index is 9.07. The van der Waals surface area contributed by atoms with Gasteiger partial charge in [-0.15, -0.1) is 0 Å². The SMILES string of the molecule is N#Cc1cccc(CN2CCC[C@H](c3nc(-c4ccncc4)n[nH]3)C2)c1. The molecule has 4 rings (SSSR count). The van der Waals surface area contributed by atoms with Gasteiger partial charge in [0.05, 0.1) is 11.6 Å². The van der Waals surface area contributed by atoms with E-state index in [4.69, 9.17) is 10.2 Å². The molecule has 0 bridgehead atoms. The monoisotopic (exact) mass is 344 g/mol. The molecule has 0 amide bonds. The van der Waals surface area contributed by atoms with Crippen molar-refractivity contribution in [2.24, 2.45) is 0 Å². The molecule has 6 nitrogen and oxygen atoms in total. The number of aromatic nitrogens is 4. The Morgan fingerprint density at radius 3 is 2.96 bits per heavy atom. The second-order valence-electron chi connectivity index (χ2n) is 6.67. The van der Waals surface area contributed by atoms with E-state index in [-0.39, 0.29) is 0 Å². The maximum Gasteiger partial charge on any atom is 0.181 e. The lowest BCUT2D eigenvalue weighted by molar-refractivity contribution is 0.197. The van der Waals surface area contributed by atoms with E-state index in [0.29, 0.717) is 11.5 Å². The van der Waals surface area contributed by atoms with Crippen LogP contribution in [0.25, 0.3) is 11.4 Å². The lowest BCUT2D eigenvalue weighted by Gasteiger charge is -2.31. The number of hydrogen-bond acceptors (Lipinski definition) is 5. The highest BCUT2D eigenvalue weighted by molar-refractivity contribution is 5.53. The first kappa shape index (κ1) is 16.4. The number of pyridine rings is 1. The van der Waals surface area contributed by atoms with Gasteiger partial charge in [0.1, 0.15) is 5.82 Å². The van der Waals surface area contributed by atoms with Crippen molar-refractivity contribution in [3.8, 4) is 17.5 Å². The molecule has 130 valence electrons. The number of benzene rings is 1. The first-order valence-electron chi connectivity index (χ1n) is 8.86. The predicted octanol–water partition coefficient (Wildman–Crippen LogP) is 3.12. The van der Waals surface area contributed by atoms with Crippen molar-refractivity contribution in [2.45, 2.75) is 25.3 Å². The molecule has 1 atom stereocenters. The predicted molar refractivity (Wildman–Crippen MR) is 98.0 cm³/mol. The van der Waals surface area contributed by atoms with Crippen LogP contribution in [-0.2, 0) is 6.54 Å². The Bertz CT molecular complexity index is 911. The summed E-state index contributed by atoms with van der Waals surface area (Å²) in [4.78, 5) is 11.2. The summed E-state index contributed by atoms with van der Waals surface area (Å²) in [5.41, 5.74) is 2.87. The molecule has 1 aliphatic rings. The van der Waals surface area contributed by atoms with E-state index >= 15 is 0 Å².